The maximum Gasteiger partial charge on any atom is 0.251 e. The van der Waals surface area contributed by atoms with Gasteiger partial charge in [0.2, 0.25) is 0 Å². The molecule has 2 atom stereocenters. The quantitative estimate of drug-likeness (QED) is 0.806. The first-order valence-corrected chi connectivity index (χ1v) is 6.71. The largest absolute Gasteiger partial charge is 0.398 e. The third kappa shape index (κ3) is 2.84. The van der Waals surface area contributed by atoms with Crippen molar-refractivity contribution in [3.8, 4) is 0 Å². The predicted molar refractivity (Wildman–Crippen MR) is 74.4 cm³/mol. The summed E-state index contributed by atoms with van der Waals surface area (Å²) in [6.45, 7) is 4.96. The minimum absolute atomic E-state index is 0.000599. The smallest absolute Gasteiger partial charge is 0.251 e. The number of benzene rings is 1. The summed E-state index contributed by atoms with van der Waals surface area (Å²) in [5.41, 5.74) is 8.06. The van der Waals surface area contributed by atoms with E-state index in [1.54, 1.807) is 0 Å². The van der Waals surface area contributed by atoms with E-state index >= 15 is 0 Å². The summed E-state index contributed by atoms with van der Waals surface area (Å²) < 4.78 is 0. The Bertz CT molecular complexity index is 442. The second-order valence-electron chi connectivity index (χ2n) is 5.51. The van der Waals surface area contributed by atoms with Gasteiger partial charge >= 0.3 is 0 Å². The molecule has 0 bridgehead atoms. The Kier molecular flexibility index (Phi) is 3.90. The zero-order chi connectivity index (χ0) is 13.1. The van der Waals surface area contributed by atoms with E-state index in [0.717, 1.165) is 18.0 Å². The van der Waals surface area contributed by atoms with Gasteiger partial charge in [-0.25, -0.2) is 0 Å². The first kappa shape index (κ1) is 12.9. The molecule has 0 heterocycles. The van der Waals surface area contributed by atoms with Gasteiger partial charge in [-0.1, -0.05) is 19.4 Å². The molecule has 1 fully saturated rings. The maximum atomic E-state index is 12.1. The molecule has 2 unspecified atom stereocenters. The first-order chi connectivity index (χ1) is 8.58. The Morgan fingerprint density at radius 3 is 2.89 bits per heavy atom. The van der Waals surface area contributed by atoms with Crippen molar-refractivity contribution in [1.29, 1.82) is 0 Å². The minimum atomic E-state index is -0.000599. The lowest BCUT2D eigenvalue weighted by molar-refractivity contribution is 0.0946. The number of anilines is 1. The Morgan fingerprint density at radius 1 is 1.44 bits per heavy atom. The number of carbonyl (C=O) groups excluding carboxylic acids is 1. The van der Waals surface area contributed by atoms with Crippen LogP contribution in [0.4, 0.5) is 5.69 Å². The molecule has 0 aliphatic heterocycles. The van der Waals surface area contributed by atoms with Crippen LogP contribution in [0.5, 0.6) is 0 Å². The van der Waals surface area contributed by atoms with Gasteiger partial charge in [-0.15, -0.1) is 0 Å². The molecule has 3 nitrogen and oxygen atoms in total. The molecule has 1 amide bonds. The molecule has 1 aromatic rings. The van der Waals surface area contributed by atoms with Gasteiger partial charge in [-0.3, -0.25) is 4.79 Å². The van der Waals surface area contributed by atoms with Crippen molar-refractivity contribution in [3.63, 3.8) is 0 Å². The summed E-state index contributed by atoms with van der Waals surface area (Å²) in [5.74, 6) is 1.45. The lowest BCUT2D eigenvalue weighted by Gasteiger charge is -2.13. The van der Waals surface area contributed by atoms with Crippen molar-refractivity contribution in [1.82, 2.24) is 5.32 Å². The molecule has 18 heavy (non-hydrogen) atoms. The van der Waals surface area contributed by atoms with Crippen molar-refractivity contribution in [3.05, 3.63) is 29.3 Å². The van der Waals surface area contributed by atoms with Crippen LogP contribution in [0.3, 0.4) is 0 Å². The van der Waals surface area contributed by atoms with Gasteiger partial charge < -0.3 is 11.1 Å². The molecule has 3 heteroatoms. The van der Waals surface area contributed by atoms with Gasteiger partial charge in [0.15, 0.2) is 0 Å². The van der Waals surface area contributed by atoms with Crippen LogP contribution in [0.2, 0.25) is 0 Å². The van der Waals surface area contributed by atoms with Gasteiger partial charge in [-0.2, -0.15) is 0 Å². The van der Waals surface area contributed by atoms with Crippen LogP contribution in [-0.4, -0.2) is 12.5 Å². The van der Waals surface area contributed by atoms with Gasteiger partial charge in [-0.05, 0) is 49.3 Å². The minimum Gasteiger partial charge on any atom is -0.398 e. The van der Waals surface area contributed by atoms with Crippen molar-refractivity contribution >= 4 is 11.6 Å². The van der Waals surface area contributed by atoms with Crippen LogP contribution in [0.1, 0.15) is 42.1 Å². The molecule has 0 radical (unpaired) electrons. The number of rotatable bonds is 3. The van der Waals surface area contributed by atoms with E-state index < -0.39 is 0 Å². The van der Waals surface area contributed by atoms with Crippen LogP contribution < -0.4 is 11.1 Å². The summed E-state index contributed by atoms with van der Waals surface area (Å²) >= 11 is 0. The van der Waals surface area contributed by atoms with Crippen LogP contribution in [0.15, 0.2) is 18.2 Å². The monoisotopic (exact) mass is 246 g/mol. The molecule has 0 aromatic heterocycles. The fraction of sp³-hybridized carbons (Fsp3) is 0.533. The Hall–Kier alpha value is -1.51. The van der Waals surface area contributed by atoms with Crippen LogP contribution in [-0.2, 0) is 0 Å². The fourth-order valence-corrected chi connectivity index (χ4v) is 2.74. The molecule has 3 N–H and O–H groups in total. The first-order valence-electron chi connectivity index (χ1n) is 6.71. The SMILES string of the molecule is Cc1c(N)cccc1C(=O)NCC1CCC(C)C1. The Labute approximate surface area is 109 Å². The number of amides is 1. The standard InChI is InChI=1S/C15H22N2O/c1-10-6-7-12(8-10)9-17-15(18)13-4-3-5-14(16)11(13)2/h3-5,10,12H,6-9,16H2,1-2H3,(H,17,18). The van der Waals surface area contributed by atoms with E-state index in [1.807, 2.05) is 25.1 Å². The molecule has 0 spiro atoms. The molecule has 2 rings (SSSR count). The van der Waals surface area contributed by atoms with E-state index in [0.29, 0.717) is 17.2 Å². The second-order valence-corrected chi connectivity index (χ2v) is 5.51. The highest BCUT2D eigenvalue weighted by Gasteiger charge is 2.22. The normalized spacial score (nSPS) is 23.0. The fourth-order valence-electron chi connectivity index (χ4n) is 2.74. The summed E-state index contributed by atoms with van der Waals surface area (Å²) in [4.78, 5) is 12.1. The molecule has 0 saturated heterocycles. The summed E-state index contributed by atoms with van der Waals surface area (Å²) in [7, 11) is 0. The average Bonchev–Trinajstić information content (AvgIpc) is 2.76. The van der Waals surface area contributed by atoms with E-state index in [1.165, 1.54) is 19.3 Å². The summed E-state index contributed by atoms with van der Waals surface area (Å²) in [5, 5.41) is 3.04. The molecule has 1 aromatic carbocycles. The number of hydrogen-bond acceptors (Lipinski definition) is 2. The number of nitrogens with two attached hydrogens (primary N) is 1. The maximum absolute atomic E-state index is 12.1. The predicted octanol–water partition coefficient (Wildman–Crippen LogP) is 2.74. The molecule has 1 saturated carbocycles. The van der Waals surface area contributed by atoms with Gasteiger partial charge in [0.1, 0.15) is 0 Å². The Morgan fingerprint density at radius 2 is 2.22 bits per heavy atom. The van der Waals surface area contributed by atoms with Crippen LogP contribution >= 0.6 is 0 Å². The molecular weight excluding hydrogens is 224 g/mol. The van der Waals surface area contributed by atoms with Crippen LogP contribution in [0, 0.1) is 18.8 Å². The lowest BCUT2D eigenvalue weighted by Crippen LogP contribution is -2.29. The zero-order valence-electron chi connectivity index (χ0n) is 11.2. The van der Waals surface area contributed by atoms with E-state index in [2.05, 4.69) is 12.2 Å². The summed E-state index contributed by atoms with van der Waals surface area (Å²) in [6.07, 6.45) is 3.76. The summed E-state index contributed by atoms with van der Waals surface area (Å²) in [6, 6.07) is 5.48. The number of nitrogen functional groups attached to an aromatic ring is 1. The van der Waals surface area contributed by atoms with Gasteiger partial charge in [0.05, 0.1) is 0 Å². The van der Waals surface area contributed by atoms with E-state index in [4.69, 9.17) is 5.73 Å². The third-order valence-corrected chi connectivity index (χ3v) is 3.98. The topological polar surface area (TPSA) is 55.1 Å². The highest BCUT2D eigenvalue weighted by Crippen LogP contribution is 2.29. The number of hydrogen-bond donors (Lipinski definition) is 2. The number of carbonyl (C=O) groups is 1. The third-order valence-electron chi connectivity index (χ3n) is 3.98. The molecule has 98 valence electrons. The lowest BCUT2D eigenvalue weighted by atomic mass is 10.0. The van der Waals surface area contributed by atoms with Crippen molar-refractivity contribution in [2.45, 2.75) is 33.1 Å². The zero-order valence-corrected chi connectivity index (χ0v) is 11.2. The van der Waals surface area contributed by atoms with E-state index in [-0.39, 0.29) is 5.91 Å². The van der Waals surface area contributed by atoms with Gasteiger partial charge in [0, 0.05) is 17.8 Å². The van der Waals surface area contributed by atoms with Gasteiger partial charge in [0.25, 0.3) is 5.91 Å². The van der Waals surface area contributed by atoms with Crippen molar-refractivity contribution in [2.24, 2.45) is 11.8 Å². The molecular formula is C15H22N2O. The highest BCUT2D eigenvalue weighted by atomic mass is 16.1. The highest BCUT2D eigenvalue weighted by molar-refractivity contribution is 5.96. The second kappa shape index (κ2) is 5.42. The van der Waals surface area contributed by atoms with E-state index in [9.17, 15) is 4.79 Å². The molecule has 1 aliphatic carbocycles. The van der Waals surface area contributed by atoms with Crippen molar-refractivity contribution < 1.29 is 4.79 Å². The van der Waals surface area contributed by atoms with Crippen LogP contribution in [0.25, 0.3) is 0 Å². The number of nitrogens with one attached hydrogen (secondary N) is 1. The Balaban J connectivity index is 1.94. The average molecular weight is 246 g/mol. The molecule has 1 aliphatic rings. The van der Waals surface area contributed by atoms with Crippen molar-refractivity contribution in [2.75, 3.05) is 12.3 Å².